The van der Waals surface area contributed by atoms with Gasteiger partial charge in [-0.3, -0.25) is 13.9 Å². The Bertz CT molecular complexity index is 505. The lowest BCUT2D eigenvalue weighted by atomic mass is 10.2. The van der Waals surface area contributed by atoms with Gasteiger partial charge in [0.15, 0.2) is 0 Å². The lowest BCUT2D eigenvalue weighted by Gasteiger charge is -2.12. The lowest BCUT2D eigenvalue weighted by Crippen LogP contribution is -2.40. The molecule has 0 atom stereocenters. The average molecular weight is 378 g/mol. The normalized spacial score (nSPS) is 10.9. The van der Waals surface area contributed by atoms with Crippen LogP contribution in [0.5, 0.6) is 0 Å². The van der Waals surface area contributed by atoms with Crippen molar-refractivity contribution in [3.63, 3.8) is 0 Å². The highest BCUT2D eigenvalue weighted by molar-refractivity contribution is 14.1. The molecule has 0 aromatic carbocycles. The Morgan fingerprint density at radius 2 is 1.47 bits per heavy atom. The average Bonchev–Trinajstić information content (AvgIpc) is 2.37. The monoisotopic (exact) mass is 378 g/mol. The molecule has 0 bridgehead atoms. The fraction of sp³-hybridized carbons (Fsp3) is 0.714. The SMILES string of the molecule is CCCCCn1c(I)cc(=O)n(CCCCC)c1=O. The molecule has 1 aromatic rings. The van der Waals surface area contributed by atoms with Gasteiger partial charge in [0.05, 0.1) is 3.70 Å². The summed E-state index contributed by atoms with van der Waals surface area (Å²) < 4.78 is 3.85. The topological polar surface area (TPSA) is 44.0 Å². The Morgan fingerprint density at radius 3 is 2.00 bits per heavy atom. The van der Waals surface area contributed by atoms with Crippen molar-refractivity contribution in [1.82, 2.24) is 9.13 Å². The van der Waals surface area contributed by atoms with Gasteiger partial charge in [-0.15, -0.1) is 0 Å². The van der Waals surface area contributed by atoms with Gasteiger partial charge >= 0.3 is 5.69 Å². The second-order valence-electron chi connectivity index (χ2n) is 4.81. The maximum absolute atomic E-state index is 12.3. The van der Waals surface area contributed by atoms with Crippen molar-refractivity contribution in [2.75, 3.05) is 0 Å². The number of nitrogens with zero attached hydrogens (tertiary/aromatic N) is 2. The van der Waals surface area contributed by atoms with Gasteiger partial charge in [-0.2, -0.15) is 0 Å². The van der Waals surface area contributed by atoms with Crippen molar-refractivity contribution in [1.29, 1.82) is 0 Å². The molecule has 19 heavy (non-hydrogen) atoms. The van der Waals surface area contributed by atoms with Crippen molar-refractivity contribution in [2.24, 2.45) is 0 Å². The van der Waals surface area contributed by atoms with E-state index in [1.807, 2.05) is 0 Å². The Kier molecular flexibility index (Phi) is 7.41. The summed E-state index contributed by atoms with van der Waals surface area (Å²) in [7, 11) is 0. The first-order valence-electron chi connectivity index (χ1n) is 7.12. The molecule has 0 saturated heterocycles. The number of aromatic nitrogens is 2. The van der Waals surface area contributed by atoms with Gasteiger partial charge in [0.1, 0.15) is 0 Å². The molecule has 0 amide bonds. The Hall–Kier alpha value is -0.590. The predicted octanol–water partition coefficient (Wildman–Crippen LogP) is 3.00. The van der Waals surface area contributed by atoms with E-state index < -0.39 is 0 Å². The van der Waals surface area contributed by atoms with Crippen LogP contribution in [0, 0.1) is 3.70 Å². The third kappa shape index (κ3) is 4.78. The zero-order valence-corrected chi connectivity index (χ0v) is 14.0. The summed E-state index contributed by atoms with van der Waals surface area (Å²) in [4.78, 5) is 24.2. The van der Waals surface area contributed by atoms with E-state index in [4.69, 9.17) is 0 Å². The molecule has 0 unspecified atom stereocenters. The smallest absolute Gasteiger partial charge is 0.288 e. The first-order chi connectivity index (χ1) is 9.11. The van der Waals surface area contributed by atoms with Crippen LogP contribution < -0.4 is 11.2 Å². The molecule has 0 N–H and O–H groups in total. The van der Waals surface area contributed by atoms with Gasteiger partial charge in [-0.05, 0) is 35.4 Å². The molecular formula is C14H23IN2O2. The molecule has 0 aliphatic rings. The number of rotatable bonds is 8. The minimum atomic E-state index is -0.169. The van der Waals surface area contributed by atoms with Gasteiger partial charge in [0, 0.05) is 19.2 Å². The third-order valence-corrected chi connectivity index (χ3v) is 4.09. The van der Waals surface area contributed by atoms with Gasteiger partial charge < -0.3 is 0 Å². The fourth-order valence-electron chi connectivity index (χ4n) is 2.04. The fourth-order valence-corrected chi connectivity index (χ4v) is 2.75. The van der Waals surface area contributed by atoms with E-state index in [-0.39, 0.29) is 11.2 Å². The van der Waals surface area contributed by atoms with Crippen LogP contribution in [0.3, 0.4) is 0 Å². The van der Waals surface area contributed by atoms with Gasteiger partial charge in [-0.1, -0.05) is 39.5 Å². The van der Waals surface area contributed by atoms with Crippen LogP contribution in [0.4, 0.5) is 0 Å². The molecule has 0 aliphatic heterocycles. The summed E-state index contributed by atoms with van der Waals surface area (Å²) in [5.74, 6) is 0. The van der Waals surface area contributed by atoms with Crippen molar-refractivity contribution in [2.45, 2.75) is 65.5 Å². The molecule has 0 fully saturated rings. The highest BCUT2D eigenvalue weighted by Gasteiger charge is 2.09. The first kappa shape index (κ1) is 16.5. The number of halogens is 1. The minimum Gasteiger partial charge on any atom is -0.288 e. The van der Waals surface area contributed by atoms with Crippen LogP contribution in [0.2, 0.25) is 0 Å². The molecule has 0 aliphatic carbocycles. The number of hydrogen-bond donors (Lipinski definition) is 0. The van der Waals surface area contributed by atoms with E-state index in [1.54, 1.807) is 10.6 Å². The third-order valence-electron chi connectivity index (χ3n) is 3.20. The summed E-state index contributed by atoms with van der Waals surface area (Å²) in [5.41, 5.74) is -0.318. The Labute approximate surface area is 128 Å². The molecule has 1 heterocycles. The quantitative estimate of drug-likeness (QED) is 0.397. The number of hydrogen-bond acceptors (Lipinski definition) is 2. The zero-order chi connectivity index (χ0) is 14.3. The highest BCUT2D eigenvalue weighted by atomic mass is 127. The molecule has 5 heteroatoms. The van der Waals surface area contributed by atoms with Crippen LogP contribution >= 0.6 is 22.6 Å². The van der Waals surface area contributed by atoms with Crippen LogP contribution in [0.25, 0.3) is 0 Å². The molecule has 0 saturated carbocycles. The summed E-state index contributed by atoms with van der Waals surface area (Å²) >= 11 is 2.07. The molecule has 1 aromatic heterocycles. The molecule has 0 radical (unpaired) electrons. The van der Waals surface area contributed by atoms with Gasteiger partial charge in [-0.25, -0.2) is 4.79 Å². The predicted molar refractivity (Wildman–Crippen MR) is 86.7 cm³/mol. The van der Waals surface area contributed by atoms with Crippen LogP contribution in [0.1, 0.15) is 52.4 Å². The zero-order valence-electron chi connectivity index (χ0n) is 11.8. The Morgan fingerprint density at radius 1 is 0.947 bits per heavy atom. The molecule has 0 spiro atoms. The summed E-state index contributed by atoms with van der Waals surface area (Å²) in [5, 5.41) is 0. The Balaban J connectivity index is 2.95. The van der Waals surface area contributed by atoms with Crippen molar-refractivity contribution >= 4 is 22.6 Å². The highest BCUT2D eigenvalue weighted by Crippen LogP contribution is 2.03. The second kappa shape index (κ2) is 8.55. The van der Waals surface area contributed by atoms with E-state index in [0.717, 1.165) is 42.2 Å². The van der Waals surface area contributed by atoms with Gasteiger partial charge in [0.25, 0.3) is 5.56 Å². The standard InChI is InChI=1S/C14H23IN2O2/c1-3-5-7-9-16-12(15)11-13(18)17(14(16)19)10-8-6-4-2/h11H,3-10H2,1-2H3. The summed E-state index contributed by atoms with van der Waals surface area (Å²) in [6.07, 6.45) is 6.25. The maximum Gasteiger partial charge on any atom is 0.331 e. The van der Waals surface area contributed by atoms with E-state index in [2.05, 4.69) is 36.4 Å². The number of unbranched alkanes of at least 4 members (excludes halogenated alkanes) is 4. The van der Waals surface area contributed by atoms with Crippen LogP contribution in [0.15, 0.2) is 15.7 Å². The lowest BCUT2D eigenvalue weighted by molar-refractivity contribution is 0.497. The van der Waals surface area contributed by atoms with Crippen LogP contribution in [-0.4, -0.2) is 9.13 Å². The summed E-state index contributed by atoms with van der Waals surface area (Å²) in [6.45, 7) is 5.49. The largest absolute Gasteiger partial charge is 0.331 e. The van der Waals surface area contributed by atoms with Crippen molar-refractivity contribution in [3.8, 4) is 0 Å². The van der Waals surface area contributed by atoms with Crippen molar-refractivity contribution in [3.05, 3.63) is 30.6 Å². The molecule has 1 rings (SSSR count). The van der Waals surface area contributed by atoms with Crippen molar-refractivity contribution < 1.29 is 0 Å². The summed E-state index contributed by atoms with van der Waals surface area (Å²) in [6, 6.07) is 1.57. The van der Waals surface area contributed by atoms with E-state index in [9.17, 15) is 9.59 Å². The first-order valence-corrected chi connectivity index (χ1v) is 8.19. The van der Waals surface area contributed by atoms with Crippen LogP contribution in [-0.2, 0) is 13.1 Å². The second-order valence-corrected chi connectivity index (χ2v) is 5.91. The van der Waals surface area contributed by atoms with E-state index >= 15 is 0 Å². The molecule has 4 nitrogen and oxygen atoms in total. The maximum atomic E-state index is 12.3. The molecule has 108 valence electrons. The van der Waals surface area contributed by atoms with E-state index in [1.165, 1.54) is 4.57 Å². The van der Waals surface area contributed by atoms with Gasteiger partial charge in [0.2, 0.25) is 0 Å². The minimum absolute atomic E-state index is 0.149. The molecular weight excluding hydrogens is 355 g/mol. The van der Waals surface area contributed by atoms with E-state index in [0.29, 0.717) is 13.1 Å².